The van der Waals surface area contributed by atoms with Crippen LogP contribution in [0.15, 0.2) is 60.7 Å². The van der Waals surface area contributed by atoms with Gasteiger partial charge in [-0.25, -0.2) is 0 Å². The molecule has 0 saturated carbocycles. The van der Waals surface area contributed by atoms with Crippen molar-refractivity contribution in [1.82, 2.24) is 0 Å². The van der Waals surface area contributed by atoms with E-state index in [-0.39, 0.29) is 5.91 Å². The highest BCUT2D eigenvalue weighted by Gasteiger charge is 1.96. The number of amides is 1. The monoisotopic (exact) mass is 238 g/mol. The maximum absolute atomic E-state index is 11.6. The van der Waals surface area contributed by atoms with Crippen molar-refractivity contribution in [2.24, 2.45) is 0 Å². The number of anilines is 2. The fraction of sp³-hybridized carbons (Fsp3) is 0. The molecule has 3 N–H and O–H groups in total. The van der Waals surface area contributed by atoms with Gasteiger partial charge >= 0.3 is 0 Å². The molecule has 2 aromatic carbocycles. The second-order valence-electron chi connectivity index (χ2n) is 3.86. The van der Waals surface area contributed by atoms with Crippen molar-refractivity contribution in [1.29, 1.82) is 0 Å². The Morgan fingerprint density at radius 1 is 1.06 bits per heavy atom. The normalized spacial score (nSPS) is 10.4. The zero-order valence-electron chi connectivity index (χ0n) is 9.84. The van der Waals surface area contributed by atoms with Crippen molar-refractivity contribution in [3.05, 3.63) is 66.2 Å². The highest BCUT2D eigenvalue weighted by Crippen LogP contribution is 2.09. The summed E-state index contributed by atoms with van der Waals surface area (Å²) in [5.74, 6) is -0.163. The van der Waals surface area contributed by atoms with E-state index < -0.39 is 0 Å². The Morgan fingerprint density at radius 3 is 2.56 bits per heavy atom. The Kier molecular flexibility index (Phi) is 3.76. The lowest BCUT2D eigenvalue weighted by atomic mass is 10.2. The highest BCUT2D eigenvalue weighted by molar-refractivity contribution is 6.01. The minimum atomic E-state index is -0.163. The van der Waals surface area contributed by atoms with E-state index in [1.165, 1.54) is 6.08 Å². The minimum absolute atomic E-state index is 0.163. The lowest BCUT2D eigenvalue weighted by Crippen LogP contribution is -2.07. The zero-order valence-corrected chi connectivity index (χ0v) is 9.84. The number of carbonyl (C=O) groups excluding carboxylic acids is 1. The highest BCUT2D eigenvalue weighted by atomic mass is 16.1. The molecule has 0 saturated heterocycles. The average Bonchev–Trinajstić information content (AvgIpc) is 2.38. The Morgan fingerprint density at radius 2 is 1.83 bits per heavy atom. The molecule has 2 rings (SSSR count). The number of para-hydroxylation sites is 1. The van der Waals surface area contributed by atoms with Crippen LogP contribution < -0.4 is 11.1 Å². The molecule has 90 valence electrons. The zero-order chi connectivity index (χ0) is 12.8. The van der Waals surface area contributed by atoms with E-state index in [0.717, 1.165) is 11.3 Å². The molecule has 0 aromatic heterocycles. The van der Waals surface area contributed by atoms with Gasteiger partial charge in [-0.2, -0.15) is 0 Å². The van der Waals surface area contributed by atoms with Crippen LogP contribution in [-0.4, -0.2) is 5.91 Å². The molecule has 18 heavy (non-hydrogen) atoms. The third-order valence-electron chi connectivity index (χ3n) is 2.38. The van der Waals surface area contributed by atoms with Crippen molar-refractivity contribution in [2.75, 3.05) is 11.1 Å². The number of carbonyl (C=O) groups is 1. The van der Waals surface area contributed by atoms with E-state index in [1.54, 1.807) is 12.1 Å². The smallest absolute Gasteiger partial charge is 0.248 e. The molecular formula is C15H14N2O. The summed E-state index contributed by atoms with van der Waals surface area (Å²) in [6.07, 6.45) is 3.22. The van der Waals surface area contributed by atoms with Crippen molar-refractivity contribution in [3.63, 3.8) is 0 Å². The summed E-state index contributed by atoms with van der Waals surface area (Å²) < 4.78 is 0. The fourth-order valence-corrected chi connectivity index (χ4v) is 1.54. The van der Waals surface area contributed by atoms with E-state index >= 15 is 0 Å². The molecule has 0 heterocycles. The summed E-state index contributed by atoms with van der Waals surface area (Å²) in [5, 5.41) is 2.77. The molecule has 0 aliphatic rings. The van der Waals surface area contributed by atoms with Crippen LogP contribution in [0.4, 0.5) is 11.4 Å². The van der Waals surface area contributed by atoms with Crippen molar-refractivity contribution in [3.8, 4) is 0 Å². The number of rotatable bonds is 3. The maximum Gasteiger partial charge on any atom is 0.248 e. The van der Waals surface area contributed by atoms with Gasteiger partial charge in [0, 0.05) is 17.5 Å². The van der Waals surface area contributed by atoms with Crippen LogP contribution in [-0.2, 0) is 4.79 Å². The standard InChI is InChI=1S/C15H14N2O/c16-13-6-4-5-12(11-13)9-10-15(18)17-14-7-2-1-3-8-14/h1-11H,16H2,(H,17,18)/b10-9+. The predicted octanol–water partition coefficient (Wildman–Crippen LogP) is 2.92. The molecule has 3 nitrogen and oxygen atoms in total. The van der Waals surface area contributed by atoms with Crippen LogP contribution in [0.25, 0.3) is 6.08 Å². The average molecular weight is 238 g/mol. The van der Waals surface area contributed by atoms with E-state index in [4.69, 9.17) is 5.73 Å². The first kappa shape index (κ1) is 11.9. The van der Waals surface area contributed by atoms with Gasteiger partial charge in [0.15, 0.2) is 0 Å². The first-order chi connectivity index (χ1) is 8.74. The summed E-state index contributed by atoms with van der Waals surface area (Å²) in [5.41, 5.74) is 8.01. The van der Waals surface area contributed by atoms with Crippen LogP contribution in [0.2, 0.25) is 0 Å². The number of nitrogens with two attached hydrogens (primary N) is 1. The molecule has 0 bridgehead atoms. The van der Waals surface area contributed by atoms with Gasteiger partial charge in [0.1, 0.15) is 0 Å². The summed E-state index contributed by atoms with van der Waals surface area (Å²) in [6, 6.07) is 16.7. The van der Waals surface area contributed by atoms with Crippen LogP contribution >= 0.6 is 0 Å². The first-order valence-electron chi connectivity index (χ1n) is 5.64. The maximum atomic E-state index is 11.6. The van der Waals surface area contributed by atoms with Crippen molar-refractivity contribution < 1.29 is 4.79 Å². The molecule has 0 aliphatic heterocycles. The minimum Gasteiger partial charge on any atom is -0.399 e. The van der Waals surface area contributed by atoms with Gasteiger partial charge in [-0.05, 0) is 35.9 Å². The van der Waals surface area contributed by atoms with Gasteiger partial charge < -0.3 is 11.1 Å². The van der Waals surface area contributed by atoms with Gasteiger partial charge in [0.2, 0.25) is 5.91 Å². The van der Waals surface area contributed by atoms with E-state index in [1.807, 2.05) is 48.5 Å². The Bertz CT molecular complexity index is 562. The molecular weight excluding hydrogens is 224 g/mol. The van der Waals surface area contributed by atoms with E-state index in [2.05, 4.69) is 5.32 Å². The molecule has 2 aromatic rings. The third kappa shape index (κ3) is 3.49. The van der Waals surface area contributed by atoms with Gasteiger partial charge in [0.05, 0.1) is 0 Å². The lowest BCUT2D eigenvalue weighted by Gasteiger charge is -2.00. The molecule has 0 spiro atoms. The molecule has 0 atom stereocenters. The molecule has 0 fully saturated rings. The van der Waals surface area contributed by atoms with E-state index in [0.29, 0.717) is 5.69 Å². The predicted molar refractivity (Wildman–Crippen MR) is 75.0 cm³/mol. The molecule has 3 heteroatoms. The third-order valence-corrected chi connectivity index (χ3v) is 2.38. The SMILES string of the molecule is Nc1cccc(/C=C/C(=O)Nc2ccccc2)c1. The van der Waals surface area contributed by atoms with Crippen LogP contribution in [0.3, 0.4) is 0 Å². The van der Waals surface area contributed by atoms with Gasteiger partial charge in [-0.1, -0.05) is 30.3 Å². The topological polar surface area (TPSA) is 55.1 Å². The number of nitrogens with one attached hydrogen (secondary N) is 1. The van der Waals surface area contributed by atoms with Crippen LogP contribution in [0.1, 0.15) is 5.56 Å². The van der Waals surface area contributed by atoms with Crippen LogP contribution in [0, 0.1) is 0 Å². The number of benzene rings is 2. The lowest BCUT2D eigenvalue weighted by molar-refractivity contribution is -0.111. The fourth-order valence-electron chi connectivity index (χ4n) is 1.54. The van der Waals surface area contributed by atoms with Gasteiger partial charge in [-0.15, -0.1) is 0 Å². The van der Waals surface area contributed by atoms with Crippen molar-refractivity contribution >= 4 is 23.4 Å². The number of hydrogen-bond donors (Lipinski definition) is 2. The Hall–Kier alpha value is -2.55. The summed E-state index contributed by atoms with van der Waals surface area (Å²) >= 11 is 0. The second-order valence-corrected chi connectivity index (χ2v) is 3.86. The molecule has 0 radical (unpaired) electrons. The molecule has 0 aliphatic carbocycles. The van der Waals surface area contributed by atoms with Gasteiger partial charge in [-0.3, -0.25) is 4.79 Å². The van der Waals surface area contributed by atoms with Crippen molar-refractivity contribution in [2.45, 2.75) is 0 Å². The second kappa shape index (κ2) is 5.68. The van der Waals surface area contributed by atoms with E-state index in [9.17, 15) is 4.79 Å². The molecule has 1 amide bonds. The van der Waals surface area contributed by atoms with Crippen LogP contribution in [0.5, 0.6) is 0 Å². The number of hydrogen-bond acceptors (Lipinski definition) is 2. The number of nitrogen functional groups attached to an aromatic ring is 1. The summed E-state index contributed by atoms with van der Waals surface area (Å²) in [4.78, 5) is 11.6. The first-order valence-corrected chi connectivity index (χ1v) is 5.64. The summed E-state index contributed by atoms with van der Waals surface area (Å²) in [6.45, 7) is 0. The molecule has 0 unspecified atom stereocenters. The Labute approximate surface area is 106 Å². The quantitative estimate of drug-likeness (QED) is 0.638. The van der Waals surface area contributed by atoms with Gasteiger partial charge in [0.25, 0.3) is 0 Å². The summed E-state index contributed by atoms with van der Waals surface area (Å²) in [7, 11) is 0. The Balaban J connectivity index is 1.99. The largest absolute Gasteiger partial charge is 0.399 e.